The quantitative estimate of drug-likeness (QED) is 0.387. The topological polar surface area (TPSA) is 102 Å². The van der Waals surface area contributed by atoms with E-state index >= 15 is 0 Å². The molecule has 0 saturated carbocycles. The Morgan fingerprint density at radius 1 is 1.23 bits per heavy atom. The molecule has 8 heteroatoms. The number of amides is 2. The molecule has 8 nitrogen and oxygen atoms in total. The third-order valence-electron chi connectivity index (χ3n) is 4.72. The number of ether oxygens (including phenoxy) is 1. The maximum absolute atomic E-state index is 12.4. The first-order valence-corrected chi connectivity index (χ1v) is 9.41. The molecule has 2 aromatic carbocycles. The van der Waals surface area contributed by atoms with E-state index in [-0.39, 0.29) is 36.5 Å². The van der Waals surface area contributed by atoms with Crippen LogP contribution in [-0.4, -0.2) is 42.3 Å². The Labute approximate surface area is 175 Å². The van der Waals surface area contributed by atoms with Crippen LogP contribution >= 0.6 is 0 Å². The van der Waals surface area contributed by atoms with Crippen LogP contribution in [0, 0.1) is 10.1 Å². The van der Waals surface area contributed by atoms with Gasteiger partial charge in [0.25, 0.3) is 5.69 Å². The number of nitro groups is 1. The maximum atomic E-state index is 12.4. The van der Waals surface area contributed by atoms with Crippen LogP contribution in [0.3, 0.4) is 0 Å². The lowest BCUT2D eigenvalue weighted by Crippen LogP contribution is -2.33. The van der Waals surface area contributed by atoms with Crippen LogP contribution < -0.4 is 10.1 Å². The summed E-state index contributed by atoms with van der Waals surface area (Å²) in [4.78, 5) is 36.3. The summed E-state index contributed by atoms with van der Waals surface area (Å²) in [5.41, 5.74) is 1.51. The van der Waals surface area contributed by atoms with Gasteiger partial charge >= 0.3 is 0 Å². The number of carbonyl (C=O) groups is 2. The Kier molecular flexibility index (Phi) is 8.10. The average molecular weight is 411 g/mol. The molecule has 0 aromatic heterocycles. The normalized spacial score (nSPS) is 11.7. The van der Waals surface area contributed by atoms with Gasteiger partial charge in [-0.1, -0.05) is 24.3 Å². The largest absolute Gasteiger partial charge is 0.497 e. The van der Waals surface area contributed by atoms with Gasteiger partial charge in [-0.25, -0.2) is 0 Å². The highest BCUT2D eigenvalue weighted by Crippen LogP contribution is 2.23. The molecule has 0 aliphatic carbocycles. The van der Waals surface area contributed by atoms with Crippen LogP contribution in [0.15, 0.2) is 54.6 Å². The van der Waals surface area contributed by atoms with Gasteiger partial charge in [0.05, 0.1) is 18.1 Å². The first kappa shape index (κ1) is 22.6. The zero-order valence-corrected chi connectivity index (χ0v) is 17.2. The van der Waals surface area contributed by atoms with Crippen LogP contribution in [0.25, 0.3) is 6.08 Å². The zero-order valence-electron chi connectivity index (χ0n) is 17.2. The molecule has 0 spiro atoms. The van der Waals surface area contributed by atoms with Gasteiger partial charge in [0.2, 0.25) is 11.8 Å². The average Bonchev–Trinajstić information content (AvgIpc) is 2.76. The monoisotopic (exact) mass is 411 g/mol. The van der Waals surface area contributed by atoms with Crippen molar-refractivity contribution in [2.75, 3.05) is 20.7 Å². The molecule has 0 fully saturated rings. The first-order chi connectivity index (χ1) is 14.3. The lowest BCUT2D eigenvalue weighted by atomic mass is 10.1. The highest BCUT2D eigenvalue weighted by molar-refractivity contribution is 5.92. The van der Waals surface area contributed by atoms with Crippen molar-refractivity contribution in [2.24, 2.45) is 0 Å². The van der Waals surface area contributed by atoms with Crippen molar-refractivity contribution >= 4 is 23.6 Å². The number of nitrogens with one attached hydrogen (secondary N) is 1. The number of nitro benzene ring substituents is 1. The van der Waals surface area contributed by atoms with Crippen LogP contribution in [-0.2, 0) is 9.59 Å². The molecule has 2 aromatic rings. The molecular weight excluding hydrogens is 386 g/mol. The number of hydrogen-bond acceptors (Lipinski definition) is 5. The molecule has 30 heavy (non-hydrogen) atoms. The van der Waals surface area contributed by atoms with Gasteiger partial charge in [-0.05, 0) is 36.3 Å². The van der Waals surface area contributed by atoms with Gasteiger partial charge in [-0.3, -0.25) is 19.7 Å². The predicted octanol–water partition coefficient (Wildman–Crippen LogP) is 3.34. The van der Waals surface area contributed by atoms with Gasteiger partial charge in [0.15, 0.2) is 0 Å². The Morgan fingerprint density at radius 2 is 1.93 bits per heavy atom. The highest BCUT2D eigenvalue weighted by atomic mass is 16.6. The van der Waals surface area contributed by atoms with E-state index in [9.17, 15) is 19.7 Å². The van der Waals surface area contributed by atoms with Gasteiger partial charge in [0.1, 0.15) is 5.75 Å². The fraction of sp³-hybridized carbons (Fsp3) is 0.273. The standard InChI is InChI=1S/C22H25N3O5/c1-16(18-5-4-6-19(15-18)25(28)29)24(2)22(27)13-14-23-21(26)12-9-17-7-10-20(30-3)11-8-17/h4-12,15-16H,13-14H2,1-3H3,(H,23,26)/b12-9+/t16-/m0/s1. The summed E-state index contributed by atoms with van der Waals surface area (Å²) < 4.78 is 5.08. The molecule has 0 bridgehead atoms. The van der Waals surface area contributed by atoms with Crippen molar-refractivity contribution in [2.45, 2.75) is 19.4 Å². The molecule has 2 rings (SSSR count). The molecule has 0 saturated heterocycles. The summed E-state index contributed by atoms with van der Waals surface area (Å²) in [5, 5.41) is 13.6. The van der Waals surface area contributed by atoms with E-state index in [4.69, 9.17) is 4.74 Å². The Bertz CT molecular complexity index is 925. The minimum absolute atomic E-state index is 0.0175. The number of hydrogen-bond donors (Lipinski definition) is 1. The lowest BCUT2D eigenvalue weighted by Gasteiger charge is -2.25. The Hall–Kier alpha value is -3.68. The number of methoxy groups -OCH3 is 1. The molecular formula is C22H25N3O5. The summed E-state index contributed by atoms with van der Waals surface area (Å²) in [7, 11) is 3.22. The van der Waals surface area contributed by atoms with E-state index in [2.05, 4.69) is 5.32 Å². The number of rotatable bonds is 9. The summed E-state index contributed by atoms with van der Waals surface area (Å²) in [6.45, 7) is 1.99. The summed E-state index contributed by atoms with van der Waals surface area (Å²) in [6, 6.07) is 13.1. The molecule has 2 amide bonds. The van der Waals surface area contributed by atoms with E-state index < -0.39 is 4.92 Å². The zero-order chi connectivity index (χ0) is 22.1. The van der Waals surface area contributed by atoms with E-state index in [1.165, 1.54) is 23.1 Å². The van der Waals surface area contributed by atoms with E-state index in [1.807, 2.05) is 12.1 Å². The predicted molar refractivity (Wildman–Crippen MR) is 114 cm³/mol. The van der Waals surface area contributed by atoms with E-state index in [0.29, 0.717) is 5.56 Å². The molecule has 1 atom stereocenters. The summed E-state index contributed by atoms with van der Waals surface area (Å²) in [6.07, 6.45) is 3.20. The fourth-order valence-electron chi connectivity index (χ4n) is 2.75. The number of benzene rings is 2. The van der Waals surface area contributed by atoms with Crippen LogP contribution in [0.5, 0.6) is 5.75 Å². The minimum atomic E-state index is -0.465. The first-order valence-electron chi connectivity index (χ1n) is 9.41. The van der Waals surface area contributed by atoms with Crippen molar-refractivity contribution in [3.8, 4) is 5.75 Å². The number of non-ortho nitro benzene ring substituents is 1. The van der Waals surface area contributed by atoms with E-state index in [1.54, 1.807) is 51.4 Å². The van der Waals surface area contributed by atoms with Crippen molar-refractivity contribution in [3.63, 3.8) is 0 Å². The van der Waals surface area contributed by atoms with Gasteiger partial charge < -0.3 is 15.0 Å². The second-order valence-electron chi connectivity index (χ2n) is 6.68. The van der Waals surface area contributed by atoms with E-state index in [0.717, 1.165) is 11.3 Å². The lowest BCUT2D eigenvalue weighted by molar-refractivity contribution is -0.384. The Morgan fingerprint density at radius 3 is 2.57 bits per heavy atom. The number of carbonyl (C=O) groups excluding carboxylic acids is 2. The minimum Gasteiger partial charge on any atom is -0.497 e. The number of nitrogens with zero attached hydrogens (tertiary/aromatic N) is 2. The van der Waals surface area contributed by atoms with Crippen molar-refractivity contribution in [1.82, 2.24) is 10.2 Å². The molecule has 0 radical (unpaired) electrons. The molecule has 1 N–H and O–H groups in total. The van der Waals surface area contributed by atoms with Crippen LogP contribution in [0.2, 0.25) is 0 Å². The summed E-state index contributed by atoms with van der Waals surface area (Å²) >= 11 is 0. The highest BCUT2D eigenvalue weighted by Gasteiger charge is 2.19. The molecule has 0 aliphatic heterocycles. The molecule has 0 aliphatic rings. The SMILES string of the molecule is COc1ccc(/C=C/C(=O)NCCC(=O)N(C)[C@@H](C)c2cccc([N+](=O)[O-])c2)cc1. The summed E-state index contributed by atoms with van der Waals surface area (Å²) in [5.74, 6) is 0.264. The molecule has 158 valence electrons. The Balaban J connectivity index is 1.82. The third-order valence-corrected chi connectivity index (χ3v) is 4.72. The second kappa shape index (κ2) is 10.8. The molecule has 0 unspecified atom stereocenters. The van der Waals surface area contributed by atoms with Crippen LogP contribution in [0.4, 0.5) is 5.69 Å². The van der Waals surface area contributed by atoms with Gasteiger partial charge in [-0.2, -0.15) is 0 Å². The van der Waals surface area contributed by atoms with Crippen molar-refractivity contribution in [3.05, 3.63) is 75.8 Å². The van der Waals surface area contributed by atoms with Gasteiger partial charge in [0, 0.05) is 38.2 Å². The maximum Gasteiger partial charge on any atom is 0.269 e. The van der Waals surface area contributed by atoms with Crippen LogP contribution in [0.1, 0.15) is 30.5 Å². The molecule has 0 heterocycles. The smallest absolute Gasteiger partial charge is 0.269 e. The van der Waals surface area contributed by atoms with Crippen molar-refractivity contribution < 1.29 is 19.2 Å². The fourth-order valence-corrected chi connectivity index (χ4v) is 2.75. The van der Waals surface area contributed by atoms with Crippen molar-refractivity contribution in [1.29, 1.82) is 0 Å². The second-order valence-corrected chi connectivity index (χ2v) is 6.68. The third kappa shape index (κ3) is 6.44. The van der Waals surface area contributed by atoms with Gasteiger partial charge in [-0.15, -0.1) is 0 Å².